The van der Waals surface area contributed by atoms with Crippen LogP contribution in [0.5, 0.6) is 11.5 Å². The van der Waals surface area contributed by atoms with Crippen molar-refractivity contribution in [3.8, 4) is 11.5 Å². The van der Waals surface area contributed by atoms with Crippen molar-refractivity contribution < 1.29 is 27.3 Å². The monoisotopic (exact) mass is 677 g/mol. The van der Waals surface area contributed by atoms with Crippen LogP contribution in [-0.4, -0.2) is 20.2 Å². The van der Waals surface area contributed by atoms with Crippen molar-refractivity contribution in [2.75, 3.05) is 0 Å². The second-order valence-electron chi connectivity index (χ2n) is 5.18. The van der Waals surface area contributed by atoms with Crippen molar-refractivity contribution in [3.05, 3.63) is 66.0 Å². The molecule has 0 bridgehead atoms. The Hall–Kier alpha value is -0.581. The van der Waals surface area contributed by atoms with Crippen LogP contribution in [0, 0.1) is 7.14 Å². The van der Waals surface area contributed by atoms with E-state index in [2.05, 4.69) is 9.97 Å². The fraction of sp³-hybridized carbons (Fsp3) is 0. The maximum absolute atomic E-state index is 9.65. The maximum atomic E-state index is 9.65. The van der Waals surface area contributed by atoms with Gasteiger partial charge in [0.15, 0.2) is 11.5 Å². The fourth-order valence-corrected chi connectivity index (χ4v) is 4.34. The fourth-order valence-electron chi connectivity index (χ4n) is 2.31. The molecule has 2 N–H and O–H groups in total. The molecule has 4 nitrogen and oxygen atoms in total. The van der Waals surface area contributed by atoms with Crippen LogP contribution >= 0.6 is 68.4 Å². The van der Waals surface area contributed by atoms with Crippen LogP contribution in [0.3, 0.4) is 0 Å². The molecule has 0 saturated carbocycles. The van der Waals surface area contributed by atoms with Crippen LogP contribution < -0.4 is 0 Å². The quantitative estimate of drug-likeness (QED) is 0.167. The molecule has 4 aromatic rings. The number of halogens is 4. The van der Waals surface area contributed by atoms with Crippen molar-refractivity contribution in [1.82, 2.24) is 9.97 Å². The number of pyridine rings is 2. The molecule has 0 aliphatic heterocycles. The minimum Gasteiger partial charge on any atom is -0.505 e. The van der Waals surface area contributed by atoms with Crippen LogP contribution in [0.1, 0.15) is 0 Å². The Labute approximate surface area is 203 Å². The molecule has 0 unspecified atom stereocenters. The molecule has 0 spiro atoms. The Kier molecular flexibility index (Phi) is 8.20. The summed E-state index contributed by atoms with van der Waals surface area (Å²) in [6.07, 6.45) is 3.27. The van der Waals surface area contributed by atoms with Gasteiger partial charge in [-0.15, -0.1) is 0 Å². The summed E-state index contributed by atoms with van der Waals surface area (Å²) in [5.41, 5.74) is 1.11. The first kappa shape index (κ1) is 22.7. The number of phenolic OH excluding ortho intramolecular Hbond substituents is 2. The molecule has 0 amide bonds. The van der Waals surface area contributed by atoms with E-state index in [9.17, 15) is 10.2 Å². The molecule has 0 aliphatic rings. The van der Waals surface area contributed by atoms with Gasteiger partial charge in [-0.1, -0.05) is 23.2 Å². The van der Waals surface area contributed by atoms with Gasteiger partial charge in [-0.2, -0.15) is 0 Å². The third-order valence-corrected chi connectivity index (χ3v) is 5.81. The molecule has 0 saturated heterocycles. The second kappa shape index (κ2) is 9.75. The van der Waals surface area contributed by atoms with Crippen molar-refractivity contribution in [1.29, 1.82) is 0 Å². The number of aromatic nitrogens is 2. The number of hydrogen-bond acceptors (Lipinski definition) is 4. The van der Waals surface area contributed by atoms with Gasteiger partial charge in [0.1, 0.15) is 11.0 Å². The largest absolute Gasteiger partial charge is 0.505 e. The molecule has 2 heterocycles. The molecular formula is C18H10Cl2CuI2N2O2. The first-order valence-corrected chi connectivity index (χ1v) is 10.1. The van der Waals surface area contributed by atoms with E-state index in [0.29, 0.717) is 28.2 Å². The number of rotatable bonds is 0. The summed E-state index contributed by atoms with van der Waals surface area (Å²) >= 11 is 16.0. The van der Waals surface area contributed by atoms with Crippen molar-refractivity contribution in [2.24, 2.45) is 0 Å². The summed E-state index contributed by atoms with van der Waals surface area (Å²) < 4.78 is 1.43. The van der Waals surface area contributed by atoms with Gasteiger partial charge in [-0.25, -0.2) is 0 Å². The third kappa shape index (κ3) is 4.89. The Morgan fingerprint density at radius 3 is 1.48 bits per heavy atom. The average Bonchev–Trinajstić information content (AvgIpc) is 2.65. The van der Waals surface area contributed by atoms with Crippen LogP contribution in [0.2, 0.25) is 10.0 Å². The smallest absolute Gasteiger partial charge is 0.155 e. The van der Waals surface area contributed by atoms with Crippen LogP contribution in [0.15, 0.2) is 48.8 Å². The zero-order chi connectivity index (χ0) is 18.8. The summed E-state index contributed by atoms with van der Waals surface area (Å²) in [4.78, 5) is 8.13. The number of nitrogens with zero attached hydrogens (tertiary/aromatic N) is 2. The summed E-state index contributed by atoms with van der Waals surface area (Å²) in [5.74, 6) is 0.390. The van der Waals surface area contributed by atoms with E-state index in [4.69, 9.17) is 23.2 Å². The van der Waals surface area contributed by atoms with E-state index < -0.39 is 0 Å². The SMILES string of the molecule is Oc1c(I)cc(Cl)c2cccnc12.Oc1c(I)cc(Cl)c2cccnc12.[67Cu]. The molecule has 27 heavy (non-hydrogen) atoms. The Bertz CT molecular complexity index is 1040. The van der Waals surface area contributed by atoms with Gasteiger partial charge >= 0.3 is 0 Å². The van der Waals surface area contributed by atoms with E-state index in [0.717, 1.165) is 10.8 Å². The van der Waals surface area contributed by atoms with Gasteiger partial charge in [0.25, 0.3) is 0 Å². The van der Waals surface area contributed by atoms with Gasteiger partial charge in [0.2, 0.25) is 0 Å². The van der Waals surface area contributed by atoms with Gasteiger partial charge in [-0.3, -0.25) is 9.97 Å². The molecule has 1 radical (unpaired) electrons. The van der Waals surface area contributed by atoms with E-state index in [-0.39, 0.29) is 28.6 Å². The van der Waals surface area contributed by atoms with Gasteiger partial charge in [0.05, 0.1) is 17.2 Å². The third-order valence-electron chi connectivity index (χ3n) is 3.54. The summed E-state index contributed by atoms with van der Waals surface area (Å²) in [7, 11) is 0. The van der Waals surface area contributed by atoms with Gasteiger partial charge in [-0.05, 0) is 81.6 Å². The molecule has 0 atom stereocenters. The van der Waals surface area contributed by atoms with Gasteiger partial charge < -0.3 is 10.2 Å². The summed E-state index contributed by atoms with van der Waals surface area (Å²) in [5, 5.41) is 22.1. The Morgan fingerprint density at radius 1 is 0.741 bits per heavy atom. The first-order chi connectivity index (χ1) is 12.4. The zero-order valence-corrected chi connectivity index (χ0v) is 20.0. The number of aromatic hydroxyl groups is 2. The van der Waals surface area contributed by atoms with Crippen molar-refractivity contribution in [2.45, 2.75) is 0 Å². The molecule has 2 aromatic heterocycles. The van der Waals surface area contributed by atoms with Gasteiger partial charge in [0, 0.05) is 40.2 Å². The predicted molar refractivity (Wildman–Crippen MR) is 122 cm³/mol. The number of fused-ring (bicyclic) bond motifs is 2. The van der Waals surface area contributed by atoms with E-state index >= 15 is 0 Å². The number of hydrogen-bond donors (Lipinski definition) is 2. The number of benzene rings is 2. The molecule has 2 aromatic carbocycles. The normalized spacial score (nSPS) is 10.2. The summed E-state index contributed by atoms with van der Waals surface area (Å²) in [6.45, 7) is 0. The molecular weight excluding hydrogens is 668 g/mol. The average molecular weight is 678 g/mol. The second-order valence-corrected chi connectivity index (χ2v) is 8.32. The predicted octanol–water partition coefficient (Wildman–Crippen LogP) is 6.39. The van der Waals surface area contributed by atoms with Crippen molar-refractivity contribution >= 4 is 90.2 Å². The van der Waals surface area contributed by atoms with E-state index in [1.165, 1.54) is 0 Å². The molecule has 9 heteroatoms. The van der Waals surface area contributed by atoms with E-state index in [1.54, 1.807) is 36.7 Å². The van der Waals surface area contributed by atoms with Crippen LogP contribution in [-0.2, 0) is 17.1 Å². The molecule has 0 aliphatic carbocycles. The topological polar surface area (TPSA) is 66.2 Å². The Morgan fingerprint density at radius 2 is 1.11 bits per heavy atom. The Balaban J connectivity index is 0.000000187. The molecule has 4 rings (SSSR count). The molecule has 143 valence electrons. The summed E-state index contributed by atoms with van der Waals surface area (Å²) in [6, 6.07) is 10.7. The standard InChI is InChI=1S/2C9H5ClINO.Cu/c2*10-6-4-7(11)9(13)8-5(6)2-1-3-12-8;/h2*1-4,13H;/i;;1+3. The minimum absolute atomic E-state index is 0. The van der Waals surface area contributed by atoms with Crippen LogP contribution in [0.25, 0.3) is 21.8 Å². The van der Waals surface area contributed by atoms with Crippen molar-refractivity contribution in [3.63, 3.8) is 0 Å². The van der Waals surface area contributed by atoms with E-state index in [1.807, 2.05) is 57.3 Å². The molecule has 0 fully saturated rings. The zero-order valence-electron chi connectivity index (χ0n) is 13.2. The minimum atomic E-state index is 0. The first-order valence-electron chi connectivity index (χ1n) is 7.23. The number of phenols is 2. The van der Waals surface area contributed by atoms with Crippen LogP contribution in [0.4, 0.5) is 0 Å². The maximum Gasteiger partial charge on any atom is 0.155 e.